The number of aliphatic carboxylic acids is 1. The first-order valence-corrected chi connectivity index (χ1v) is 5.37. The first kappa shape index (κ1) is 15.3. The van der Waals surface area contributed by atoms with Gasteiger partial charge in [-0.05, 0) is 7.05 Å². The molecule has 0 aromatic heterocycles. The molecule has 0 heterocycles. The molecule has 0 spiro atoms. The minimum Gasteiger partial charge on any atom is -0.481 e. The molecule has 2 N–H and O–H groups in total. The van der Waals surface area contributed by atoms with E-state index < -0.39 is 5.97 Å². The molecule has 0 unspecified atom stereocenters. The van der Waals surface area contributed by atoms with Gasteiger partial charge in [-0.2, -0.15) is 0 Å². The Balaban J connectivity index is 2.90. The van der Waals surface area contributed by atoms with Crippen LogP contribution in [-0.4, -0.2) is 64.3 Å². The van der Waals surface area contributed by atoms with E-state index >= 15 is 0 Å². The average molecular weight is 235 g/mol. The van der Waals surface area contributed by atoms with Crippen LogP contribution >= 0.6 is 0 Å². The van der Waals surface area contributed by atoms with Crippen molar-refractivity contribution in [1.29, 1.82) is 0 Å². The standard InChI is InChI=1S/C10H21NO5/c1-11-3-5-15-7-9-16-8-6-14-4-2-10(12)13/h11H,2-9H2,1H3,(H,12,13). The Morgan fingerprint density at radius 3 is 2.00 bits per heavy atom. The number of carboxylic acids is 1. The van der Waals surface area contributed by atoms with Crippen LogP contribution in [0.1, 0.15) is 6.42 Å². The summed E-state index contributed by atoms with van der Waals surface area (Å²) in [5, 5.41) is 11.3. The molecule has 0 saturated heterocycles. The van der Waals surface area contributed by atoms with Crippen molar-refractivity contribution in [3.63, 3.8) is 0 Å². The molecule has 0 aliphatic rings. The van der Waals surface area contributed by atoms with Crippen molar-refractivity contribution >= 4 is 5.97 Å². The zero-order chi connectivity index (χ0) is 12.1. The summed E-state index contributed by atoms with van der Waals surface area (Å²) < 4.78 is 15.5. The van der Waals surface area contributed by atoms with E-state index in [9.17, 15) is 4.79 Å². The van der Waals surface area contributed by atoms with Crippen molar-refractivity contribution in [2.24, 2.45) is 0 Å². The van der Waals surface area contributed by atoms with E-state index in [1.54, 1.807) is 0 Å². The number of hydrogen-bond acceptors (Lipinski definition) is 5. The molecule has 0 aliphatic heterocycles. The lowest BCUT2D eigenvalue weighted by molar-refractivity contribution is -0.138. The van der Waals surface area contributed by atoms with Crippen molar-refractivity contribution in [2.75, 3.05) is 53.2 Å². The van der Waals surface area contributed by atoms with Crippen molar-refractivity contribution in [3.8, 4) is 0 Å². The summed E-state index contributed by atoms with van der Waals surface area (Å²) in [5.74, 6) is -0.848. The van der Waals surface area contributed by atoms with Gasteiger partial charge in [0.2, 0.25) is 0 Å². The normalized spacial score (nSPS) is 10.6. The van der Waals surface area contributed by atoms with E-state index in [0.717, 1.165) is 6.54 Å². The predicted molar refractivity (Wildman–Crippen MR) is 58.6 cm³/mol. The molecule has 6 nitrogen and oxygen atoms in total. The summed E-state index contributed by atoms with van der Waals surface area (Å²) in [6.07, 6.45) is 0.0349. The molecular formula is C10H21NO5. The van der Waals surface area contributed by atoms with Crippen LogP contribution in [0.5, 0.6) is 0 Å². The summed E-state index contributed by atoms with van der Waals surface area (Å²) in [7, 11) is 1.87. The molecule has 0 aromatic rings. The van der Waals surface area contributed by atoms with E-state index in [1.807, 2.05) is 7.05 Å². The summed E-state index contributed by atoms with van der Waals surface area (Å²) >= 11 is 0. The second-order valence-electron chi connectivity index (χ2n) is 3.08. The SMILES string of the molecule is CNCCOCCOCCOCCC(=O)O. The molecule has 96 valence electrons. The molecule has 0 rings (SSSR count). The van der Waals surface area contributed by atoms with E-state index in [-0.39, 0.29) is 13.0 Å². The zero-order valence-electron chi connectivity index (χ0n) is 9.74. The lowest BCUT2D eigenvalue weighted by atomic mass is 10.5. The third kappa shape index (κ3) is 13.3. The summed E-state index contributed by atoms with van der Waals surface area (Å²) in [6.45, 7) is 3.73. The Labute approximate surface area is 95.9 Å². The third-order valence-corrected chi connectivity index (χ3v) is 1.70. The average Bonchev–Trinajstić information content (AvgIpc) is 2.25. The second-order valence-corrected chi connectivity index (χ2v) is 3.08. The quantitative estimate of drug-likeness (QED) is 0.453. The first-order valence-electron chi connectivity index (χ1n) is 5.37. The molecule has 0 amide bonds. The predicted octanol–water partition coefficient (Wildman–Crippen LogP) is -0.270. The van der Waals surface area contributed by atoms with Crippen LogP contribution in [0.15, 0.2) is 0 Å². The van der Waals surface area contributed by atoms with Crippen LogP contribution < -0.4 is 5.32 Å². The van der Waals surface area contributed by atoms with Crippen LogP contribution in [0, 0.1) is 0 Å². The highest BCUT2D eigenvalue weighted by molar-refractivity contribution is 5.66. The van der Waals surface area contributed by atoms with Gasteiger partial charge in [-0.15, -0.1) is 0 Å². The lowest BCUT2D eigenvalue weighted by Crippen LogP contribution is -2.16. The van der Waals surface area contributed by atoms with Crippen molar-refractivity contribution in [1.82, 2.24) is 5.32 Å². The number of rotatable bonds is 12. The summed E-state index contributed by atoms with van der Waals surface area (Å²) in [5.41, 5.74) is 0. The Morgan fingerprint density at radius 1 is 1.00 bits per heavy atom. The molecule has 0 bridgehead atoms. The maximum absolute atomic E-state index is 10.1. The molecule has 0 atom stereocenters. The fourth-order valence-corrected chi connectivity index (χ4v) is 0.876. The van der Waals surface area contributed by atoms with Gasteiger partial charge >= 0.3 is 5.97 Å². The highest BCUT2D eigenvalue weighted by atomic mass is 16.5. The Bertz CT molecular complexity index is 165. The van der Waals surface area contributed by atoms with E-state index in [1.165, 1.54) is 0 Å². The van der Waals surface area contributed by atoms with Gasteiger partial charge in [0.25, 0.3) is 0 Å². The van der Waals surface area contributed by atoms with Crippen LogP contribution in [0.25, 0.3) is 0 Å². The van der Waals surface area contributed by atoms with Gasteiger partial charge in [0, 0.05) is 6.54 Å². The van der Waals surface area contributed by atoms with Gasteiger partial charge in [-0.1, -0.05) is 0 Å². The van der Waals surface area contributed by atoms with Gasteiger partial charge in [0.1, 0.15) is 0 Å². The Morgan fingerprint density at radius 2 is 1.50 bits per heavy atom. The largest absolute Gasteiger partial charge is 0.481 e. The number of ether oxygens (including phenoxy) is 3. The first-order chi connectivity index (χ1) is 7.77. The number of nitrogens with one attached hydrogen (secondary N) is 1. The monoisotopic (exact) mass is 235 g/mol. The zero-order valence-corrected chi connectivity index (χ0v) is 9.74. The number of carboxylic acid groups (broad SMARTS) is 1. The molecule has 16 heavy (non-hydrogen) atoms. The summed E-state index contributed by atoms with van der Waals surface area (Å²) in [4.78, 5) is 10.1. The fourth-order valence-electron chi connectivity index (χ4n) is 0.876. The highest BCUT2D eigenvalue weighted by Gasteiger charge is 1.96. The Hall–Kier alpha value is -0.690. The highest BCUT2D eigenvalue weighted by Crippen LogP contribution is 1.84. The van der Waals surface area contributed by atoms with Gasteiger partial charge < -0.3 is 24.6 Å². The summed E-state index contributed by atoms with van der Waals surface area (Å²) in [6, 6.07) is 0. The van der Waals surface area contributed by atoms with Crippen molar-refractivity contribution < 1.29 is 24.1 Å². The molecule has 0 radical (unpaired) electrons. The number of hydrogen-bond donors (Lipinski definition) is 2. The number of likely N-dealkylation sites (N-methyl/N-ethyl adjacent to an activating group) is 1. The number of carbonyl (C=O) groups is 1. The van der Waals surface area contributed by atoms with Gasteiger partial charge in [0.15, 0.2) is 0 Å². The van der Waals surface area contributed by atoms with Gasteiger partial charge in [-0.25, -0.2) is 0 Å². The molecule has 0 saturated carbocycles. The van der Waals surface area contributed by atoms with Crippen LogP contribution in [0.2, 0.25) is 0 Å². The molecule has 0 aliphatic carbocycles. The van der Waals surface area contributed by atoms with Crippen molar-refractivity contribution in [3.05, 3.63) is 0 Å². The van der Waals surface area contributed by atoms with E-state index in [2.05, 4.69) is 5.32 Å². The lowest BCUT2D eigenvalue weighted by Gasteiger charge is -2.05. The van der Waals surface area contributed by atoms with Crippen LogP contribution in [0.3, 0.4) is 0 Å². The second kappa shape index (κ2) is 12.4. The fraction of sp³-hybridized carbons (Fsp3) is 0.900. The van der Waals surface area contributed by atoms with Gasteiger partial charge in [-0.3, -0.25) is 4.79 Å². The molecule has 0 fully saturated rings. The van der Waals surface area contributed by atoms with Gasteiger partial charge in [0.05, 0.1) is 46.1 Å². The topological polar surface area (TPSA) is 77.0 Å². The van der Waals surface area contributed by atoms with Crippen LogP contribution in [-0.2, 0) is 19.0 Å². The third-order valence-electron chi connectivity index (χ3n) is 1.70. The minimum atomic E-state index is -0.848. The molecule has 0 aromatic carbocycles. The maximum atomic E-state index is 10.1. The van der Waals surface area contributed by atoms with E-state index in [0.29, 0.717) is 33.0 Å². The van der Waals surface area contributed by atoms with Crippen molar-refractivity contribution in [2.45, 2.75) is 6.42 Å². The minimum absolute atomic E-state index is 0.0349. The molecule has 6 heteroatoms. The smallest absolute Gasteiger partial charge is 0.305 e. The molecular weight excluding hydrogens is 214 g/mol. The van der Waals surface area contributed by atoms with Crippen LogP contribution in [0.4, 0.5) is 0 Å². The maximum Gasteiger partial charge on any atom is 0.305 e. The van der Waals surface area contributed by atoms with E-state index in [4.69, 9.17) is 19.3 Å². The Kier molecular flexibility index (Phi) is 11.8.